The molecule has 128 valence electrons. The smallest absolute Gasteiger partial charge is 0.258 e. The van der Waals surface area contributed by atoms with Gasteiger partial charge in [0.2, 0.25) is 5.82 Å². The normalized spacial score (nSPS) is 10.8. The highest BCUT2D eigenvalue weighted by atomic mass is 19.1. The predicted molar refractivity (Wildman–Crippen MR) is 93.4 cm³/mol. The Kier molecular flexibility index (Phi) is 4.15. The van der Waals surface area contributed by atoms with Gasteiger partial charge in [0.1, 0.15) is 11.6 Å². The van der Waals surface area contributed by atoms with E-state index >= 15 is 0 Å². The zero-order chi connectivity index (χ0) is 17.9. The number of halogens is 1. The maximum absolute atomic E-state index is 13.0. The van der Waals surface area contributed by atoms with Crippen molar-refractivity contribution in [1.29, 1.82) is 0 Å². The lowest BCUT2D eigenvalue weighted by molar-refractivity contribution is 0.112. The molecule has 0 saturated carbocycles. The van der Waals surface area contributed by atoms with Crippen LogP contribution in [0.25, 0.3) is 22.2 Å². The summed E-state index contributed by atoms with van der Waals surface area (Å²) in [5.74, 6) is 0.716. The highest BCUT2D eigenvalue weighted by molar-refractivity contribution is 6.00. The molecule has 3 aromatic carbocycles. The fourth-order valence-electron chi connectivity index (χ4n) is 2.69. The minimum atomic E-state index is -0.338. The second-order valence-electron chi connectivity index (χ2n) is 5.63. The number of carbonyl (C=O) groups excluding carboxylic acids is 1. The Morgan fingerprint density at radius 3 is 2.65 bits per heavy atom. The zero-order valence-corrected chi connectivity index (χ0v) is 13.6. The molecule has 0 spiro atoms. The average Bonchev–Trinajstić information content (AvgIpc) is 3.15. The molecule has 0 aliphatic carbocycles. The number of fused-ring (bicyclic) bond motifs is 1. The highest BCUT2D eigenvalue weighted by Gasteiger charge is 2.12. The van der Waals surface area contributed by atoms with Crippen molar-refractivity contribution in [2.24, 2.45) is 0 Å². The Labute approximate surface area is 148 Å². The molecule has 0 radical (unpaired) electrons. The fraction of sp³-hybridized carbons (Fsp3) is 0.0500. The van der Waals surface area contributed by atoms with Crippen molar-refractivity contribution in [2.75, 3.05) is 0 Å². The second kappa shape index (κ2) is 6.76. The molecular weight excluding hydrogens is 335 g/mol. The molecule has 0 saturated heterocycles. The Hall–Kier alpha value is -3.54. The van der Waals surface area contributed by atoms with Gasteiger partial charge in [-0.3, -0.25) is 4.79 Å². The molecule has 0 amide bonds. The molecule has 6 heteroatoms. The first-order chi connectivity index (χ1) is 12.7. The minimum absolute atomic E-state index is 0.0455. The van der Waals surface area contributed by atoms with E-state index in [0.29, 0.717) is 22.7 Å². The number of aromatic nitrogens is 2. The van der Waals surface area contributed by atoms with Crippen LogP contribution < -0.4 is 4.74 Å². The Balaban J connectivity index is 1.55. The van der Waals surface area contributed by atoms with Crippen LogP contribution in [0.5, 0.6) is 5.75 Å². The molecule has 0 atom stereocenters. The van der Waals surface area contributed by atoms with Crippen LogP contribution in [0.4, 0.5) is 4.39 Å². The van der Waals surface area contributed by atoms with Gasteiger partial charge in [-0.05, 0) is 41.1 Å². The van der Waals surface area contributed by atoms with Gasteiger partial charge in [0.25, 0.3) is 5.89 Å². The quantitative estimate of drug-likeness (QED) is 0.500. The van der Waals surface area contributed by atoms with E-state index in [9.17, 15) is 9.18 Å². The van der Waals surface area contributed by atoms with E-state index in [4.69, 9.17) is 9.26 Å². The Bertz CT molecular complexity index is 1070. The van der Waals surface area contributed by atoms with Gasteiger partial charge in [-0.15, -0.1) is 0 Å². The summed E-state index contributed by atoms with van der Waals surface area (Å²) in [5.41, 5.74) is 1.09. The number of hydrogen-bond donors (Lipinski definition) is 0. The Morgan fingerprint density at radius 1 is 1.04 bits per heavy atom. The summed E-state index contributed by atoms with van der Waals surface area (Å²) in [4.78, 5) is 15.7. The number of carbonyl (C=O) groups is 1. The van der Waals surface area contributed by atoms with Crippen molar-refractivity contribution < 1.29 is 18.4 Å². The van der Waals surface area contributed by atoms with Gasteiger partial charge in [0.15, 0.2) is 12.9 Å². The van der Waals surface area contributed by atoms with Crippen LogP contribution in [-0.2, 0) is 6.61 Å². The molecule has 5 nitrogen and oxygen atoms in total. The van der Waals surface area contributed by atoms with E-state index in [0.717, 1.165) is 17.1 Å². The minimum Gasteiger partial charge on any atom is -0.485 e. The summed E-state index contributed by atoms with van der Waals surface area (Å²) in [5, 5.41) is 5.63. The molecule has 1 heterocycles. The predicted octanol–water partition coefficient (Wildman–Crippen LogP) is 4.42. The van der Waals surface area contributed by atoms with Crippen LogP contribution in [0.2, 0.25) is 0 Å². The first-order valence-electron chi connectivity index (χ1n) is 7.93. The monoisotopic (exact) mass is 348 g/mol. The number of nitrogens with zero attached hydrogens (tertiary/aromatic N) is 2. The van der Waals surface area contributed by atoms with Crippen molar-refractivity contribution in [1.82, 2.24) is 10.1 Å². The van der Waals surface area contributed by atoms with Crippen LogP contribution in [0.15, 0.2) is 65.2 Å². The Morgan fingerprint density at radius 2 is 1.85 bits per heavy atom. The summed E-state index contributed by atoms with van der Waals surface area (Å²) in [7, 11) is 0. The third-order valence-corrected chi connectivity index (χ3v) is 3.96. The molecule has 4 rings (SSSR count). The molecule has 0 unspecified atom stereocenters. The molecule has 26 heavy (non-hydrogen) atoms. The van der Waals surface area contributed by atoms with Crippen LogP contribution in [0.3, 0.4) is 0 Å². The topological polar surface area (TPSA) is 65.2 Å². The molecular formula is C20H13FN2O3. The number of aldehydes is 1. The highest BCUT2D eigenvalue weighted by Crippen LogP contribution is 2.27. The zero-order valence-electron chi connectivity index (χ0n) is 13.6. The van der Waals surface area contributed by atoms with Crippen LogP contribution in [0, 0.1) is 5.82 Å². The van der Waals surface area contributed by atoms with E-state index < -0.39 is 0 Å². The van der Waals surface area contributed by atoms with Crippen molar-refractivity contribution in [3.8, 4) is 17.2 Å². The summed E-state index contributed by atoms with van der Waals surface area (Å²) in [6.07, 6.45) is 0.776. The second-order valence-corrected chi connectivity index (χ2v) is 5.63. The molecule has 0 N–H and O–H groups in total. The van der Waals surface area contributed by atoms with Gasteiger partial charge in [-0.2, -0.15) is 4.98 Å². The number of ether oxygens (including phenoxy) is 1. The summed E-state index contributed by atoms with van der Waals surface area (Å²) in [6.45, 7) is 0.0455. The largest absolute Gasteiger partial charge is 0.485 e. The first-order valence-corrected chi connectivity index (χ1v) is 7.93. The fourth-order valence-corrected chi connectivity index (χ4v) is 2.69. The summed E-state index contributed by atoms with van der Waals surface area (Å²) in [6, 6.07) is 17.0. The molecule has 0 fully saturated rings. The lowest BCUT2D eigenvalue weighted by atomic mass is 10.0. The van der Waals surface area contributed by atoms with Crippen molar-refractivity contribution in [3.63, 3.8) is 0 Å². The van der Waals surface area contributed by atoms with Crippen LogP contribution in [-0.4, -0.2) is 16.4 Å². The van der Waals surface area contributed by atoms with Crippen molar-refractivity contribution in [3.05, 3.63) is 77.9 Å². The molecule has 0 aliphatic heterocycles. The van der Waals surface area contributed by atoms with E-state index in [1.807, 2.05) is 30.3 Å². The standard InChI is InChI=1S/C20H13FN2O3/c21-15-8-5-14(6-9-15)20-22-19(23-26-20)12-25-18-10-7-13-3-1-2-4-16(13)17(18)11-24/h1-11H,12H2. The first kappa shape index (κ1) is 16.0. The number of benzene rings is 3. The number of hydrogen-bond acceptors (Lipinski definition) is 5. The lowest BCUT2D eigenvalue weighted by Crippen LogP contribution is -2.00. The van der Waals surface area contributed by atoms with Gasteiger partial charge in [0, 0.05) is 5.56 Å². The molecule has 4 aromatic rings. The van der Waals surface area contributed by atoms with Gasteiger partial charge in [-0.1, -0.05) is 35.5 Å². The van der Waals surface area contributed by atoms with E-state index in [1.165, 1.54) is 12.1 Å². The SMILES string of the molecule is O=Cc1c(OCc2noc(-c3ccc(F)cc3)n2)ccc2ccccc12. The van der Waals surface area contributed by atoms with E-state index in [1.54, 1.807) is 18.2 Å². The maximum atomic E-state index is 13.0. The molecule has 0 aliphatic rings. The van der Waals surface area contributed by atoms with Crippen LogP contribution in [0.1, 0.15) is 16.2 Å². The van der Waals surface area contributed by atoms with Gasteiger partial charge in [-0.25, -0.2) is 4.39 Å². The summed E-state index contributed by atoms with van der Waals surface area (Å²) < 4.78 is 23.9. The van der Waals surface area contributed by atoms with E-state index in [2.05, 4.69) is 10.1 Å². The third kappa shape index (κ3) is 3.04. The summed E-state index contributed by atoms with van der Waals surface area (Å²) >= 11 is 0. The average molecular weight is 348 g/mol. The van der Waals surface area contributed by atoms with E-state index in [-0.39, 0.29) is 18.3 Å². The van der Waals surface area contributed by atoms with Gasteiger partial charge in [0.05, 0.1) is 5.56 Å². The van der Waals surface area contributed by atoms with Crippen LogP contribution >= 0.6 is 0 Å². The van der Waals surface area contributed by atoms with Gasteiger partial charge >= 0.3 is 0 Å². The molecule has 0 bridgehead atoms. The third-order valence-electron chi connectivity index (χ3n) is 3.96. The maximum Gasteiger partial charge on any atom is 0.258 e. The van der Waals surface area contributed by atoms with Crippen molar-refractivity contribution >= 4 is 17.1 Å². The lowest BCUT2D eigenvalue weighted by Gasteiger charge is -2.09. The van der Waals surface area contributed by atoms with Crippen molar-refractivity contribution in [2.45, 2.75) is 6.61 Å². The number of rotatable bonds is 5. The van der Waals surface area contributed by atoms with Gasteiger partial charge < -0.3 is 9.26 Å². The molecule has 1 aromatic heterocycles.